The Labute approximate surface area is 192 Å². The Kier molecular flexibility index (Phi) is 7.85. The molecule has 0 spiro atoms. The summed E-state index contributed by atoms with van der Waals surface area (Å²) >= 11 is 0. The first-order chi connectivity index (χ1) is 15.3. The maximum Gasteiger partial charge on any atom is 0.187 e. The number of rotatable bonds is 6. The predicted octanol–water partition coefficient (Wildman–Crippen LogP) is 4.91. The van der Waals surface area contributed by atoms with Gasteiger partial charge >= 0.3 is 0 Å². The van der Waals surface area contributed by atoms with E-state index in [1.54, 1.807) is 0 Å². The Morgan fingerprint density at radius 1 is 0.688 bits per heavy atom. The van der Waals surface area contributed by atoms with Gasteiger partial charge in [0.05, 0.1) is 0 Å². The minimum Gasteiger partial charge on any atom is -0.378 e. The van der Waals surface area contributed by atoms with Crippen LogP contribution in [-0.2, 0) is 4.79 Å². The third-order valence-corrected chi connectivity index (χ3v) is 5.45. The molecule has 32 heavy (non-hydrogen) atoms. The Morgan fingerprint density at radius 2 is 1.06 bits per heavy atom. The van der Waals surface area contributed by atoms with Gasteiger partial charge in [0.2, 0.25) is 0 Å². The molecule has 2 aromatic rings. The van der Waals surface area contributed by atoms with Gasteiger partial charge in [0, 0.05) is 63.8 Å². The normalized spacial score (nSPS) is 17.7. The van der Waals surface area contributed by atoms with E-state index in [-0.39, 0.29) is 5.78 Å². The average molecular weight is 428 g/mol. The molecule has 0 unspecified atom stereocenters. The molecule has 0 amide bonds. The first-order valence-electron chi connectivity index (χ1n) is 10.9. The van der Waals surface area contributed by atoms with E-state index >= 15 is 0 Å². The summed E-state index contributed by atoms with van der Waals surface area (Å²) in [7, 11) is 10.2. The summed E-state index contributed by atoms with van der Waals surface area (Å²) in [6.07, 6.45) is 11.9. The fraction of sp³-hybridized carbons (Fsp3) is 0.250. The molecule has 1 heterocycles. The molecule has 1 aliphatic rings. The van der Waals surface area contributed by atoms with E-state index in [0.717, 1.165) is 22.3 Å². The Bertz CT molecular complexity index is 956. The topological polar surface area (TPSA) is 26.8 Å². The van der Waals surface area contributed by atoms with Gasteiger partial charge in [-0.1, -0.05) is 60.7 Å². The number of likely N-dealkylation sites (tertiary alicyclic amines) is 1. The zero-order valence-electron chi connectivity index (χ0n) is 19.7. The van der Waals surface area contributed by atoms with Crippen molar-refractivity contribution in [2.75, 3.05) is 58.1 Å². The third-order valence-electron chi connectivity index (χ3n) is 5.45. The van der Waals surface area contributed by atoms with E-state index in [1.807, 2.05) is 71.7 Å². The van der Waals surface area contributed by atoms with Crippen molar-refractivity contribution in [3.8, 4) is 0 Å². The fourth-order valence-corrected chi connectivity index (χ4v) is 3.56. The molecule has 2 aromatic carbocycles. The van der Waals surface area contributed by atoms with Gasteiger partial charge in [0.15, 0.2) is 5.78 Å². The van der Waals surface area contributed by atoms with E-state index < -0.39 is 0 Å². The van der Waals surface area contributed by atoms with Crippen molar-refractivity contribution in [2.24, 2.45) is 0 Å². The van der Waals surface area contributed by atoms with Crippen LogP contribution >= 0.6 is 0 Å². The number of benzene rings is 2. The predicted molar refractivity (Wildman–Crippen MR) is 138 cm³/mol. The molecule has 166 valence electrons. The highest BCUT2D eigenvalue weighted by Crippen LogP contribution is 2.18. The van der Waals surface area contributed by atoms with Gasteiger partial charge in [-0.2, -0.15) is 0 Å². The van der Waals surface area contributed by atoms with Crippen LogP contribution in [0.1, 0.15) is 11.1 Å². The van der Waals surface area contributed by atoms with Gasteiger partial charge < -0.3 is 9.80 Å². The van der Waals surface area contributed by atoms with Crippen molar-refractivity contribution in [3.63, 3.8) is 0 Å². The smallest absolute Gasteiger partial charge is 0.187 e. The number of hydrogen-bond acceptors (Lipinski definition) is 4. The molecule has 1 fully saturated rings. The maximum atomic E-state index is 13.0. The number of nitrogens with zero attached hydrogens (tertiary/aromatic N) is 3. The third kappa shape index (κ3) is 6.32. The fourth-order valence-electron chi connectivity index (χ4n) is 3.56. The van der Waals surface area contributed by atoms with Crippen LogP contribution in [0.5, 0.6) is 0 Å². The highest BCUT2D eigenvalue weighted by Gasteiger charge is 2.22. The van der Waals surface area contributed by atoms with Crippen molar-refractivity contribution in [2.45, 2.75) is 0 Å². The van der Waals surface area contributed by atoms with E-state index in [9.17, 15) is 4.79 Å². The van der Waals surface area contributed by atoms with Crippen molar-refractivity contribution in [1.29, 1.82) is 0 Å². The zero-order valence-corrected chi connectivity index (χ0v) is 19.7. The summed E-state index contributed by atoms with van der Waals surface area (Å²) < 4.78 is 0. The highest BCUT2D eigenvalue weighted by atomic mass is 16.1. The Balaban J connectivity index is 1.69. The zero-order chi connectivity index (χ0) is 23.1. The molecule has 0 radical (unpaired) electrons. The monoisotopic (exact) mass is 427 g/mol. The standard InChI is InChI=1S/C28H33N3O/c1-29(2)26-16-12-22(13-17-26)8-6-10-24-20-31(5)21-25(28(24)32)11-7-9-23-14-18-27(19-15-23)30(3)4/h6-19H,20-21H2,1-5H3. The molecule has 0 N–H and O–H groups in total. The van der Waals surface area contributed by atoms with Crippen LogP contribution in [0, 0.1) is 0 Å². The summed E-state index contributed by atoms with van der Waals surface area (Å²) in [6.45, 7) is 1.32. The van der Waals surface area contributed by atoms with Gasteiger partial charge in [-0.05, 0) is 42.4 Å². The van der Waals surface area contributed by atoms with Crippen LogP contribution in [0.25, 0.3) is 12.2 Å². The molecular weight excluding hydrogens is 394 g/mol. The van der Waals surface area contributed by atoms with E-state index in [1.165, 1.54) is 11.4 Å². The number of likely N-dealkylation sites (N-methyl/N-ethyl adjacent to an activating group) is 1. The first-order valence-corrected chi connectivity index (χ1v) is 10.9. The number of carbonyl (C=O) groups is 1. The van der Waals surface area contributed by atoms with E-state index in [4.69, 9.17) is 0 Å². The van der Waals surface area contributed by atoms with Crippen LogP contribution in [0.15, 0.2) is 84.0 Å². The Morgan fingerprint density at radius 3 is 1.41 bits per heavy atom. The minimum absolute atomic E-state index is 0.128. The molecule has 0 atom stereocenters. The number of allylic oxidation sites excluding steroid dienone is 4. The largest absolute Gasteiger partial charge is 0.378 e. The second kappa shape index (κ2) is 10.8. The van der Waals surface area contributed by atoms with Crippen molar-refractivity contribution in [1.82, 2.24) is 4.90 Å². The lowest BCUT2D eigenvalue weighted by Crippen LogP contribution is -2.34. The number of Topliss-reactive ketones (excluding diaryl/α,β-unsaturated/α-hetero) is 1. The maximum absolute atomic E-state index is 13.0. The number of piperidine rings is 1. The van der Waals surface area contributed by atoms with Crippen molar-refractivity contribution in [3.05, 3.63) is 95.1 Å². The number of carbonyl (C=O) groups excluding carboxylic acids is 1. The van der Waals surface area contributed by atoms with Crippen LogP contribution in [0.4, 0.5) is 11.4 Å². The summed E-state index contributed by atoms with van der Waals surface area (Å²) in [5, 5.41) is 0. The molecule has 1 saturated heterocycles. The van der Waals surface area contributed by atoms with Crippen LogP contribution < -0.4 is 9.80 Å². The van der Waals surface area contributed by atoms with Crippen LogP contribution in [0.2, 0.25) is 0 Å². The lowest BCUT2D eigenvalue weighted by atomic mass is 9.97. The summed E-state index contributed by atoms with van der Waals surface area (Å²) in [5.41, 5.74) is 6.19. The van der Waals surface area contributed by atoms with Gasteiger partial charge in [-0.25, -0.2) is 0 Å². The van der Waals surface area contributed by atoms with Crippen molar-refractivity contribution >= 4 is 29.3 Å². The molecule has 4 nitrogen and oxygen atoms in total. The first kappa shape index (κ1) is 23.3. The lowest BCUT2D eigenvalue weighted by molar-refractivity contribution is -0.113. The second-order valence-electron chi connectivity index (χ2n) is 8.58. The van der Waals surface area contributed by atoms with Gasteiger partial charge in [0.25, 0.3) is 0 Å². The molecule has 4 heteroatoms. The van der Waals surface area contributed by atoms with Gasteiger partial charge in [0.1, 0.15) is 0 Å². The number of anilines is 2. The Hall–Kier alpha value is -3.37. The summed E-state index contributed by atoms with van der Waals surface area (Å²) in [6, 6.07) is 16.7. The SMILES string of the molecule is CN1CC(=CC=Cc2ccc(N(C)C)cc2)C(=O)C(=CC=Cc2ccc(N(C)C)cc2)C1. The number of ketones is 1. The minimum atomic E-state index is 0.128. The quantitative estimate of drug-likeness (QED) is 0.612. The molecule has 0 aliphatic carbocycles. The molecular formula is C28H33N3O. The molecule has 3 rings (SSSR count). The average Bonchev–Trinajstić information content (AvgIpc) is 2.77. The summed E-state index contributed by atoms with van der Waals surface area (Å²) in [4.78, 5) is 19.3. The second-order valence-corrected chi connectivity index (χ2v) is 8.58. The van der Waals surface area contributed by atoms with E-state index in [2.05, 4.69) is 63.2 Å². The lowest BCUT2D eigenvalue weighted by Gasteiger charge is -2.25. The van der Waals surface area contributed by atoms with Gasteiger partial charge in [-0.3, -0.25) is 9.69 Å². The van der Waals surface area contributed by atoms with E-state index in [0.29, 0.717) is 13.1 Å². The number of hydrogen-bond donors (Lipinski definition) is 0. The van der Waals surface area contributed by atoms with Crippen LogP contribution in [0.3, 0.4) is 0 Å². The van der Waals surface area contributed by atoms with Crippen LogP contribution in [-0.4, -0.2) is 59.0 Å². The molecule has 1 aliphatic heterocycles. The molecule has 0 bridgehead atoms. The summed E-state index contributed by atoms with van der Waals surface area (Å²) in [5.74, 6) is 0.128. The van der Waals surface area contributed by atoms with Crippen molar-refractivity contribution < 1.29 is 4.79 Å². The van der Waals surface area contributed by atoms with Gasteiger partial charge in [-0.15, -0.1) is 0 Å². The highest BCUT2D eigenvalue weighted by molar-refractivity contribution is 6.10. The molecule has 0 aromatic heterocycles. The molecule has 0 saturated carbocycles.